The molecule has 4 saturated carbocycles. The van der Waals surface area contributed by atoms with E-state index in [1.54, 1.807) is 0 Å². The van der Waals surface area contributed by atoms with Gasteiger partial charge in [-0.15, -0.1) is 0 Å². The molecule has 4 fully saturated rings. The van der Waals surface area contributed by atoms with Crippen molar-refractivity contribution in [3.05, 3.63) is 0 Å². The van der Waals surface area contributed by atoms with Crippen molar-refractivity contribution in [2.24, 2.45) is 23.7 Å². The van der Waals surface area contributed by atoms with Gasteiger partial charge in [0.2, 0.25) is 0 Å². The fraction of sp³-hybridized carbons (Fsp3) is 1.00. The van der Waals surface area contributed by atoms with Gasteiger partial charge in [-0.3, -0.25) is 0 Å². The van der Waals surface area contributed by atoms with E-state index in [0.29, 0.717) is 23.7 Å². The molecule has 0 unspecified atom stereocenters. The molecule has 0 radical (unpaired) electrons. The topological polar surface area (TPSA) is 104 Å². The van der Waals surface area contributed by atoms with Crippen LogP contribution in [0.2, 0.25) is 0 Å². The van der Waals surface area contributed by atoms with E-state index in [1.807, 2.05) is 4.13 Å². The van der Waals surface area contributed by atoms with Crippen molar-refractivity contribution in [2.45, 2.75) is 63.5 Å². The van der Waals surface area contributed by atoms with Crippen molar-refractivity contribution in [3.63, 3.8) is 0 Å². The molecule has 4 aliphatic carbocycles. The summed E-state index contributed by atoms with van der Waals surface area (Å²) < 4.78 is 55.6. The number of nitrogens with one attached hydrogen (secondary N) is 3. The molecule has 132 valence electrons. The first kappa shape index (κ1) is 19.5. The Morgan fingerprint density at radius 1 is 0.625 bits per heavy atom. The van der Waals surface area contributed by atoms with E-state index in [9.17, 15) is 16.8 Å². The van der Waals surface area contributed by atoms with Gasteiger partial charge in [0.05, 0.1) is 0 Å². The molecule has 0 aliphatic heterocycles. The Morgan fingerprint density at radius 3 is 1.33 bits per heavy atom. The zero-order chi connectivity index (χ0) is 16.2. The second kappa shape index (κ2) is 7.07. The van der Waals surface area contributed by atoms with Crippen LogP contribution in [0.3, 0.4) is 0 Å². The summed E-state index contributed by atoms with van der Waals surface area (Å²) >= 11 is 0. The molecule has 0 aromatic carbocycles. The third kappa shape index (κ3) is 4.19. The maximum absolute atomic E-state index is 12.2. The van der Waals surface area contributed by atoms with Crippen LogP contribution in [0.25, 0.3) is 0 Å². The number of hydrogen-bond acceptors (Lipinski definition) is 4. The van der Waals surface area contributed by atoms with Crippen LogP contribution in [0, 0.1) is 23.7 Å². The van der Waals surface area contributed by atoms with E-state index in [2.05, 4.69) is 9.44 Å². The largest absolute Gasteiger partial charge is 1.00 e. The first-order valence-corrected chi connectivity index (χ1v) is 11.6. The summed E-state index contributed by atoms with van der Waals surface area (Å²) in [4.78, 5) is 0. The second-order valence-electron chi connectivity index (χ2n) is 7.89. The Labute approximate surface area is 166 Å². The number of rotatable bonds is 6. The minimum absolute atomic E-state index is 0. The molecule has 4 aliphatic rings. The number of hydrogen-bond donors (Lipinski definition) is 3. The van der Waals surface area contributed by atoms with Gasteiger partial charge in [0.15, 0.2) is 0 Å². The normalized spacial score (nSPS) is 40.8. The summed E-state index contributed by atoms with van der Waals surface area (Å²) in [6.07, 6.45) is 8.17. The molecule has 4 bridgehead atoms. The molecule has 0 amide bonds. The van der Waals surface area contributed by atoms with Crippen molar-refractivity contribution in [1.29, 1.82) is 0 Å². The van der Waals surface area contributed by atoms with E-state index in [-0.39, 0.29) is 41.6 Å². The van der Waals surface area contributed by atoms with Crippen molar-refractivity contribution >= 4 is 20.4 Å². The van der Waals surface area contributed by atoms with Crippen LogP contribution >= 0.6 is 0 Å². The predicted octanol–water partition coefficient (Wildman–Crippen LogP) is -2.37. The summed E-state index contributed by atoms with van der Waals surface area (Å²) in [5, 5.41) is 0. The summed E-state index contributed by atoms with van der Waals surface area (Å²) in [7, 11) is -8.10. The monoisotopic (exact) mass is 386 g/mol. The van der Waals surface area contributed by atoms with E-state index in [0.717, 1.165) is 38.5 Å². The fourth-order valence-corrected chi connectivity index (χ4v) is 8.28. The van der Waals surface area contributed by atoms with Gasteiger partial charge in [-0.1, -0.05) is 17.0 Å². The average Bonchev–Trinajstić information content (AvgIpc) is 3.15. The van der Waals surface area contributed by atoms with Gasteiger partial charge in [-0.25, -0.2) is 0 Å². The van der Waals surface area contributed by atoms with E-state index < -0.39 is 20.4 Å². The Hall–Kier alpha value is 0.780. The Bertz CT molecular complexity index is 626. The average molecular weight is 386 g/mol. The summed E-state index contributed by atoms with van der Waals surface area (Å²) in [6.45, 7) is 0. The zero-order valence-electron chi connectivity index (χ0n) is 14.1. The van der Waals surface area contributed by atoms with Gasteiger partial charge in [-0.2, -0.15) is 26.3 Å². The van der Waals surface area contributed by atoms with Gasteiger partial charge >= 0.3 is 29.6 Å². The smallest absolute Gasteiger partial charge is 0.198 e. The quantitative estimate of drug-likeness (QED) is 0.444. The van der Waals surface area contributed by atoms with E-state index >= 15 is 0 Å². The van der Waals surface area contributed by atoms with E-state index in [4.69, 9.17) is 0 Å². The number of fused-ring (bicyclic) bond motifs is 4. The maximum atomic E-state index is 12.2. The summed E-state index contributed by atoms with van der Waals surface area (Å²) in [6, 6.07) is -0.243. The molecule has 0 aromatic heterocycles. The van der Waals surface area contributed by atoms with Crippen molar-refractivity contribution in [1.82, 2.24) is 13.6 Å². The molecule has 10 heteroatoms. The van der Waals surface area contributed by atoms with Crippen LogP contribution in [0.5, 0.6) is 0 Å². The molecule has 0 saturated heterocycles. The van der Waals surface area contributed by atoms with Gasteiger partial charge < -0.3 is 0 Å². The van der Waals surface area contributed by atoms with E-state index in [1.165, 1.54) is 12.8 Å². The van der Waals surface area contributed by atoms with Crippen molar-refractivity contribution < 1.29 is 46.4 Å². The molecule has 3 N–H and O–H groups in total. The Balaban J connectivity index is 0.00000169. The molecular formula is C14H25N3NaO4S2+. The first-order valence-electron chi connectivity index (χ1n) is 8.63. The molecule has 6 atom stereocenters. The zero-order valence-corrected chi connectivity index (χ0v) is 17.7. The Kier molecular flexibility index (Phi) is 5.76. The molecule has 0 heterocycles. The van der Waals surface area contributed by atoms with Gasteiger partial charge in [0.25, 0.3) is 20.4 Å². The van der Waals surface area contributed by atoms with Crippen LogP contribution in [0.15, 0.2) is 0 Å². The molecule has 0 spiro atoms. The standard InChI is InChI=1S/C14H25N3O4S2.Na/c18-22(19,15-13-7-9-1-3-11(13)5-9)17-23(20,21)16-14-8-10-2-4-12(14)6-10;/h9-17H,1-8H2;/q;+1/t9-,10+,11+,12-,13+,14-;. The molecule has 7 nitrogen and oxygen atoms in total. The predicted molar refractivity (Wildman–Crippen MR) is 85.7 cm³/mol. The first-order chi connectivity index (χ1) is 10.8. The Morgan fingerprint density at radius 2 is 1.04 bits per heavy atom. The van der Waals surface area contributed by atoms with Crippen LogP contribution in [-0.2, 0) is 20.4 Å². The molecule has 0 aromatic rings. The molecule has 4 rings (SSSR count). The van der Waals surface area contributed by atoms with Crippen molar-refractivity contribution in [2.75, 3.05) is 0 Å². The SMILES string of the molecule is O=S(=O)(N[C@H]1C[C@@H]2CC[C@H]1C2)NS(=O)(=O)N[C@@H]1C[C@H]2CC[C@@H]1C2.[Na+]. The molecule has 24 heavy (non-hydrogen) atoms. The van der Waals surface area contributed by atoms with Crippen LogP contribution < -0.4 is 43.1 Å². The molecular weight excluding hydrogens is 361 g/mol. The van der Waals surface area contributed by atoms with Crippen LogP contribution in [-0.4, -0.2) is 28.9 Å². The third-order valence-corrected chi connectivity index (χ3v) is 9.29. The maximum Gasteiger partial charge on any atom is 1.00 e. The second-order valence-corrected chi connectivity index (χ2v) is 11.0. The van der Waals surface area contributed by atoms with Crippen LogP contribution in [0.4, 0.5) is 0 Å². The minimum Gasteiger partial charge on any atom is -0.198 e. The van der Waals surface area contributed by atoms with Crippen molar-refractivity contribution in [3.8, 4) is 0 Å². The summed E-state index contributed by atoms with van der Waals surface area (Å²) in [5.74, 6) is 1.91. The minimum atomic E-state index is -4.05. The third-order valence-electron chi connectivity index (χ3n) is 6.31. The van der Waals surface area contributed by atoms with Gasteiger partial charge in [0.1, 0.15) is 0 Å². The fourth-order valence-electron chi connectivity index (χ4n) is 5.37. The van der Waals surface area contributed by atoms with Crippen LogP contribution in [0.1, 0.15) is 51.4 Å². The summed E-state index contributed by atoms with van der Waals surface area (Å²) in [5.41, 5.74) is 0. The van der Waals surface area contributed by atoms with Gasteiger partial charge in [0, 0.05) is 12.1 Å². The van der Waals surface area contributed by atoms with Gasteiger partial charge in [-0.05, 0) is 62.2 Å².